The summed E-state index contributed by atoms with van der Waals surface area (Å²) in [6.45, 7) is 4.94. The van der Waals surface area contributed by atoms with E-state index in [0.717, 1.165) is 31.1 Å². The number of aryl methyl sites for hydroxylation is 1. The molecule has 0 amide bonds. The Morgan fingerprint density at radius 1 is 1.19 bits per heavy atom. The van der Waals surface area contributed by atoms with Gasteiger partial charge in [-0.3, -0.25) is 4.90 Å². The van der Waals surface area contributed by atoms with Crippen LogP contribution < -0.4 is 15.2 Å². The molecule has 0 radical (unpaired) electrons. The molecule has 1 heterocycles. The van der Waals surface area contributed by atoms with Crippen molar-refractivity contribution >= 4 is 12.4 Å². The van der Waals surface area contributed by atoms with Crippen molar-refractivity contribution in [2.75, 3.05) is 27.3 Å². The first-order valence-corrected chi connectivity index (χ1v) is 7.35. The zero-order valence-electron chi connectivity index (χ0n) is 13.2. The minimum absolute atomic E-state index is 0. The van der Waals surface area contributed by atoms with Gasteiger partial charge in [-0.15, -0.1) is 12.4 Å². The molecule has 1 fully saturated rings. The van der Waals surface area contributed by atoms with Gasteiger partial charge in [-0.25, -0.2) is 0 Å². The van der Waals surface area contributed by atoms with Gasteiger partial charge in [0.05, 0.1) is 14.2 Å². The highest BCUT2D eigenvalue weighted by atomic mass is 35.5. The second kappa shape index (κ2) is 8.47. The molecule has 1 saturated heterocycles. The van der Waals surface area contributed by atoms with Gasteiger partial charge < -0.3 is 15.2 Å². The van der Waals surface area contributed by atoms with E-state index in [9.17, 15) is 0 Å². The first-order valence-electron chi connectivity index (χ1n) is 7.35. The Morgan fingerprint density at radius 3 is 2.48 bits per heavy atom. The zero-order chi connectivity index (χ0) is 14.5. The first-order chi connectivity index (χ1) is 9.69. The maximum atomic E-state index is 5.90. The highest BCUT2D eigenvalue weighted by Crippen LogP contribution is 2.31. The average molecular weight is 315 g/mol. The molecule has 120 valence electrons. The minimum Gasteiger partial charge on any atom is -0.493 e. The third-order valence-electron chi connectivity index (χ3n) is 4.24. The van der Waals surface area contributed by atoms with Crippen LogP contribution in [0.4, 0.5) is 0 Å². The van der Waals surface area contributed by atoms with E-state index >= 15 is 0 Å². The monoisotopic (exact) mass is 314 g/mol. The number of halogens is 1. The lowest BCUT2D eigenvalue weighted by molar-refractivity contribution is 0.144. The molecule has 1 unspecified atom stereocenters. The van der Waals surface area contributed by atoms with Crippen molar-refractivity contribution in [1.82, 2.24) is 4.90 Å². The SMILES string of the molecule is COc1cc(C)c(CN2CCCCC2CN)cc1OC.Cl. The maximum Gasteiger partial charge on any atom is 0.161 e. The molecule has 0 aliphatic carbocycles. The Morgan fingerprint density at radius 2 is 1.86 bits per heavy atom. The number of likely N-dealkylation sites (tertiary alicyclic amines) is 1. The van der Waals surface area contributed by atoms with Gasteiger partial charge in [-0.1, -0.05) is 6.42 Å². The summed E-state index contributed by atoms with van der Waals surface area (Å²) in [6, 6.07) is 4.66. The van der Waals surface area contributed by atoms with Crippen molar-refractivity contribution in [3.05, 3.63) is 23.3 Å². The Bertz CT molecular complexity index is 454. The normalized spacial score (nSPS) is 19.0. The number of hydrogen-bond acceptors (Lipinski definition) is 4. The summed E-state index contributed by atoms with van der Waals surface area (Å²) in [4.78, 5) is 2.50. The summed E-state index contributed by atoms with van der Waals surface area (Å²) < 4.78 is 10.8. The van der Waals surface area contributed by atoms with Crippen molar-refractivity contribution in [3.63, 3.8) is 0 Å². The van der Waals surface area contributed by atoms with Crippen LogP contribution in [0, 0.1) is 6.92 Å². The van der Waals surface area contributed by atoms with Gasteiger partial charge in [0, 0.05) is 19.1 Å². The van der Waals surface area contributed by atoms with E-state index in [1.54, 1.807) is 14.2 Å². The van der Waals surface area contributed by atoms with Gasteiger partial charge in [0.15, 0.2) is 11.5 Å². The van der Waals surface area contributed by atoms with Gasteiger partial charge in [-0.05, 0) is 49.6 Å². The minimum atomic E-state index is 0. The Balaban J connectivity index is 0.00000220. The Labute approximate surface area is 134 Å². The van der Waals surface area contributed by atoms with E-state index in [-0.39, 0.29) is 12.4 Å². The Kier molecular flexibility index (Phi) is 7.29. The lowest BCUT2D eigenvalue weighted by Crippen LogP contribution is -2.43. The van der Waals surface area contributed by atoms with Crippen LogP contribution in [0.15, 0.2) is 12.1 Å². The van der Waals surface area contributed by atoms with Gasteiger partial charge in [0.2, 0.25) is 0 Å². The maximum absolute atomic E-state index is 5.90. The smallest absolute Gasteiger partial charge is 0.161 e. The summed E-state index contributed by atoms with van der Waals surface area (Å²) in [5, 5.41) is 0. The van der Waals surface area contributed by atoms with Crippen LogP contribution in [0.5, 0.6) is 11.5 Å². The molecule has 0 bridgehead atoms. The van der Waals surface area contributed by atoms with Gasteiger partial charge in [0.1, 0.15) is 0 Å². The van der Waals surface area contributed by atoms with Gasteiger partial charge in [-0.2, -0.15) is 0 Å². The van der Waals surface area contributed by atoms with Crippen LogP contribution in [0.1, 0.15) is 30.4 Å². The van der Waals surface area contributed by atoms with Crippen LogP contribution in [0.3, 0.4) is 0 Å². The number of rotatable bonds is 5. The summed E-state index contributed by atoms with van der Waals surface area (Å²) >= 11 is 0. The van der Waals surface area contributed by atoms with E-state index < -0.39 is 0 Å². The number of hydrogen-bond donors (Lipinski definition) is 1. The molecule has 2 rings (SSSR count). The third kappa shape index (κ3) is 4.25. The standard InChI is InChI=1S/C16H26N2O2.ClH/c1-12-8-15(19-2)16(20-3)9-13(12)11-18-7-5-4-6-14(18)10-17;/h8-9,14H,4-7,10-11,17H2,1-3H3;1H. The molecule has 5 heteroatoms. The molecule has 1 aliphatic heterocycles. The second-order valence-corrected chi connectivity index (χ2v) is 5.49. The molecule has 1 aromatic rings. The topological polar surface area (TPSA) is 47.7 Å². The van der Waals surface area contributed by atoms with Gasteiger partial charge in [0.25, 0.3) is 0 Å². The molecule has 4 nitrogen and oxygen atoms in total. The predicted molar refractivity (Wildman–Crippen MR) is 88.6 cm³/mol. The number of nitrogens with zero attached hydrogens (tertiary/aromatic N) is 1. The fraction of sp³-hybridized carbons (Fsp3) is 0.625. The third-order valence-corrected chi connectivity index (χ3v) is 4.24. The van der Waals surface area contributed by atoms with Crippen molar-refractivity contribution in [1.29, 1.82) is 0 Å². The van der Waals surface area contributed by atoms with Crippen LogP contribution in [-0.4, -0.2) is 38.3 Å². The van der Waals surface area contributed by atoms with Gasteiger partial charge >= 0.3 is 0 Å². The number of piperidine rings is 1. The highest BCUT2D eigenvalue weighted by molar-refractivity contribution is 5.85. The van der Waals surface area contributed by atoms with Crippen LogP contribution in [0.2, 0.25) is 0 Å². The fourth-order valence-electron chi connectivity index (χ4n) is 2.95. The molecule has 21 heavy (non-hydrogen) atoms. The molecule has 1 atom stereocenters. The number of methoxy groups -OCH3 is 2. The summed E-state index contributed by atoms with van der Waals surface area (Å²) in [5.74, 6) is 1.59. The predicted octanol–water partition coefficient (Wildman–Crippen LogP) is 2.75. The zero-order valence-corrected chi connectivity index (χ0v) is 14.0. The van der Waals surface area contributed by atoms with Crippen molar-refractivity contribution in [3.8, 4) is 11.5 Å². The molecular formula is C16H27ClN2O2. The van der Waals surface area contributed by atoms with E-state index in [2.05, 4.69) is 24.0 Å². The number of benzene rings is 1. The molecule has 0 saturated carbocycles. The van der Waals surface area contributed by atoms with E-state index in [0.29, 0.717) is 6.04 Å². The first kappa shape index (κ1) is 18.1. The molecule has 1 aliphatic rings. The van der Waals surface area contributed by atoms with Crippen molar-refractivity contribution < 1.29 is 9.47 Å². The van der Waals surface area contributed by atoms with Crippen molar-refractivity contribution in [2.24, 2.45) is 5.73 Å². The second-order valence-electron chi connectivity index (χ2n) is 5.49. The van der Waals surface area contributed by atoms with Crippen LogP contribution in [-0.2, 0) is 6.54 Å². The molecule has 1 aromatic carbocycles. The lowest BCUT2D eigenvalue weighted by atomic mass is 10.00. The molecule has 2 N–H and O–H groups in total. The largest absolute Gasteiger partial charge is 0.493 e. The quantitative estimate of drug-likeness (QED) is 0.908. The van der Waals surface area contributed by atoms with Crippen molar-refractivity contribution in [2.45, 2.75) is 38.8 Å². The highest BCUT2D eigenvalue weighted by Gasteiger charge is 2.22. The summed E-state index contributed by atoms with van der Waals surface area (Å²) in [5.41, 5.74) is 8.43. The van der Waals surface area contributed by atoms with Crippen LogP contribution in [0.25, 0.3) is 0 Å². The molecular weight excluding hydrogens is 288 g/mol. The van der Waals surface area contributed by atoms with E-state index in [1.165, 1.54) is 30.4 Å². The van der Waals surface area contributed by atoms with E-state index in [1.807, 2.05) is 0 Å². The van der Waals surface area contributed by atoms with Crippen LogP contribution >= 0.6 is 12.4 Å². The number of ether oxygens (including phenoxy) is 2. The average Bonchev–Trinajstić information content (AvgIpc) is 2.49. The Hall–Kier alpha value is -0.970. The molecule has 0 spiro atoms. The fourth-order valence-corrected chi connectivity index (χ4v) is 2.95. The lowest BCUT2D eigenvalue weighted by Gasteiger charge is -2.35. The van der Waals surface area contributed by atoms with E-state index in [4.69, 9.17) is 15.2 Å². The number of nitrogens with two attached hydrogens (primary N) is 1. The summed E-state index contributed by atoms with van der Waals surface area (Å²) in [7, 11) is 3.35. The molecule has 0 aromatic heterocycles. The summed E-state index contributed by atoms with van der Waals surface area (Å²) in [6.07, 6.45) is 3.77.